The number of anilines is 3. The van der Waals surface area contributed by atoms with E-state index in [-0.39, 0.29) is 11.3 Å². The number of thioether (sulfide) groups is 1. The third kappa shape index (κ3) is 3.70. The molecule has 2 heterocycles. The van der Waals surface area contributed by atoms with Gasteiger partial charge in [-0.25, -0.2) is 4.98 Å². The Morgan fingerprint density at radius 2 is 1.91 bits per heavy atom. The first kappa shape index (κ1) is 20.7. The van der Waals surface area contributed by atoms with Gasteiger partial charge in [0.05, 0.1) is 5.41 Å². The number of fused-ring (bicyclic) bond motifs is 2. The van der Waals surface area contributed by atoms with Gasteiger partial charge in [-0.3, -0.25) is 9.69 Å². The first-order chi connectivity index (χ1) is 16.1. The highest BCUT2D eigenvalue weighted by Gasteiger charge is 2.61. The molecule has 0 saturated heterocycles. The van der Waals surface area contributed by atoms with E-state index in [1.165, 1.54) is 23.3 Å². The van der Waals surface area contributed by atoms with Crippen LogP contribution in [0.5, 0.6) is 0 Å². The Hall–Kier alpha value is -2.86. The van der Waals surface area contributed by atoms with E-state index < -0.39 is 0 Å². The van der Waals surface area contributed by atoms with Crippen LogP contribution in [0.2, 0.25) is 0 Å². The van der Waals surface area contributed by atoms with Crippen LogP contribution < -0.4 is 10.2 Å². The molecule has 0 unspecified atom stereocenters. The van der Waals surface area contributed by atoms with Crippen molar-refractivity contribution in [3.8, 4) is 0 Å². The van der Waals surface area contributed by atoms with Gasteiger partial charge in [0.1, 0.15) is 5.82 Å². The number of nitrogens with zero attached hydrogens (tertiary/aromatic N) is 3. The summed E-state index contributed by atoms with van der Waals surface area (Å²) in [5.41, 5.74) is 4.18. The summed E-state index contributed by atoms with van der Waals surface area (Å²) >= 11 is 1.84. The Bertz CT molecular complexity index is 1200. The quantitative estimate of drug-likeness (QED) is 0.451. The van der Waals surface area contributed by atoms with E-state index in [0.29, 0.717) is 12.0 Å². The van der Waals surface area contributed by atoms with Crippen molar-refractivity contribution in [2.75, 3.05) is 10.2 Å². The maximum absolute atomic E-state index is 13.3. The van der Waals surface area contributed by atoms with E-state index in [2.05, 4.69) is 59.7 Å². The SMILES string of the molecule is Cc1cc(SCc2ccccc2)ccc1Nc1ncc2c(n1)N(C1CCCC1)C(=O)C21CC1. The van der Waals surface area contributed by atoms with Crippen molar-refractivity contribution in [2.24, 2.45) is 0 Å². The number of benzene rings is 2. The minimum Gasteiger partial charge on any atom is -0.324 e. The molecule has 1 aliphatic heterocycles. The van der Waals surface area contributed by atoms with Crippen LogP contribution in [-0.4, -0.2) is 21.9 Å². The predicted octanol–water partition coefficient (Wildman–Crippen LogP) is 6.14. The average Bonchev–Trinajstić information content (AvgIpc) is 3.40. The van der Waals surface area contributed by atoms with Gasteiger partial charge >= 0.3 is 0 Å². The first-order valence-electron chi connectivity index (χ1n) is 11.9. The van der Waals surface area contributed by atoms with Gasteiger partial charge in [0, 0.05) is 34.1 Å². The molecule has 0 radical (unpaired) electrons. The van der Waals surface area contributed by atoms with Crippen molar-refractivity contribution in [1.82, 2.24) is 9.97 Å². The van der Waals surface area contributed by atoms with Crippen LogP contribution in [0.25, 0.3) is 0 Å². The number of aromatic nitrogens is 2. The number of carbonyl (C=O) groups is 1. The third-order valence-corrected chi connectivity index (χ3v) is 8.34. The normalized spacial score (nSPS) is 18.7. The Kier molecular flexibility index (Phi) is 5.13. The number of amides is 1. The molecule has 1 N–H and O–H groups in total. The molecule has 168 valence electrons. The second kappa shape index (κ2) is 8.17. The fourth-order valence-corrected chi connectivity index (χ4v) is 6.18. The Balaban J connectivity index is 1.22. The van der Waals surface area contributed by atoms with Gasteiger partial charge in [-0.1, -0.05) is 43.2 Å². The van der Waals surface area contributed by atoms with Crippen LogP contribution in [0.3, 0.4) is 0 Å². The van der Waals surface area contributed by atoms with Crippen molar-refractivity contribution < 1.29 is 4.79 Å². The van der Waals surface area contributed by atoms with E-state index in [1.54, 1.807) is 0 Å². The van der Waals surface area contributed by atoms with Crippen LogP contribution in [0.1, 0.15) is 55.2 Å². The van der Waals surface area contributed by atoms with Crippen LogP contribution in [0.15, 0.2) is 59.6 Å². The fraction of sp³-hybridized carbons (Fsp3) is 0.370. The topological polar surface area (TPSA) is 58.1 Å². The molecular formula is C27H28N4OS. The molecule has 5 nitrogen and oxygen atoms in total. The molecule has 3 aliphatic rings. The molecule has 0 bridgehead atoms. The summed E-state index contributed by atoms with van der Waals surface area (Å²) in [6, 6.07) is 17.3. The predicted molar refractivity (Wildman–Crippen MR) is 133 cm³/mol. The standard InChI is InChI=1S/C27H28N4OS/c1-18-15-21(33-17-19-7-3-2-4-8-19)11-12-23(18)29-26-28-16-22-24(30-26)31(20-9-5-6-10-20)25(32)27(22)13-14-27/h2-4,7-8,11-12,15-16,20H,5-6,9-10,13-14,17H2,1H3,(H,28,29,30). The van der Waals surface area contributed by atoms with Crippen molar-refractivity contribution in [3.63, 3.8) is 0 Å². The molecule has 2 aromatic carbocycles. The molecule has 6 rings (SSSR count). The molecule has 1 amide bonds. The molecule has 1 spiro atoms. The molecule has 0 atom stereocenters. The summed E-state index contributed by atoms with van der Waals surface area (Å²) in [4.78, 5) is 26.0. The van der Waals surface area contributed by atoms with E-state index in [4.69, 9.17) is 4.98 Å². The van der Waals surface area contributed by atoms with Crippen molar-refractivity contribution in [3.05, 3.63) is 71.4 Å². The van der Waals surface area contributed by atoms with Crippen molar-refractivity contribution in [2.45, 2.75) is 67.6 Å². The number of carbonyl (C=O) groups excluding carboxylic acids is 1. The summed E-state index contributed by atoms with van der Waals surface area (Å²) in [6.07, 6.45) is 8.30. The van der Waals surface area contributed by atoms with Crippen LogP contribution >= 0.6 is 11.8 Å². The van der Waals surface area contributed by atoms with Gasteiger partial charge < -0.3 is 5.32 Å². The van der Waals surface area contributed by atoms with Crippen LogP contribution in [0, 0.1) is 6.92 Å². The molecule has 3 aromatic rings. The zero-order valence-corrected chi connectivity index (χ0v) is 19.7. The average molecular weight is 457 g/mol. The first-order valence-corrected chi connectivity index (χ1v) is 12.9. The van der Waals surface area contributed by atoms with Gasteiger partial charge in [-0.2, -0.15) is 4.98 Å². The lowest BCUT2D eigenvalue weighted by Gasteiger charge is -2.24. The Labute approximate surface area is 199 Å². The van der Waals surface area contributed by atoms with Gasteiger partial charge in [-0.05, 0) is 61.9 Å². The van der Waals surface area contributed by atoms with Crippen molar-refractivity contribution >= 4 is 35.1 Å². The van der Waals surface area contributed by atoms with Crippen molar-refractivity contribution in [1.29, 1.82) is 0 Å². The van der Waals surface area contributed by atoms with Gasteiger partial charge in [-0.15, -0.1) is 11.8 Å². The summed E-state index contributed by atoms with van der Waals surface area (Å²) in [5.74, 6) is 2.62. The number of rotatable bonds is 6. The maximum Gasteiger partial charge on any atom is 0.239 e. The Morgan fingerprint density at radius 3 is 2.64 bits per heavy atom. The smallest absolute Gasteiger partial charge is 0.239 e. The van der Waals surface area contributed by atoms with Gasteiger partial charge in [0.2, 0.25) is 11.9 Å². The summed E-state index contributed by atoms with van der Waals surface area (Å²) in [6.45, 7) is 2.11. The second-order valence-corrected chi connectivity index (χ2v) is 10.6. The molecular weight excluding hydrogens is 428 g/mol. The zero-order chi connectivity index (χ0) is 22.4. The minimum absolute atomic E-state index is 0.256. The molecule has 33 heavy (non-hydrogen) atoms. The van der Waals surface area contributed by atoms with Gasteiger partial charge in [0.15, 0.2) is 0 Å². The van der Waals surface area contributed by atoms with E-state index >= 15 is 0 Å². The fourth-order valence-electron chi connectivity index (χ4n) is 5.23. The van der Waals surface area contributed by atoms with E-state index in [1.807, 2.05) is 28.9 Å². The highest BCUT2D eigenvalue weighted by molar-refractivity contribution is 7.98. The monoisotopic (exact) mass is 456 g/mol. The highest BCUT2D eigenvalue weighted by Crippen LogP contribution is 2.57. The lowest BCUT2D eigenvalue weighted by atomic mass is 10.0. The molecule has 2 fully saturated rings. The van der Waals surface area contributed by atoms with Gasteiger partial charge in [0.25, 0.3) is 0 Å². The van der Waals surface area contributed by atoms with E-state index in [9.17, 15) is 4.79 Å². The molecule has 1 aromatic heterocycles. The Morgan fingerprint density at radius 1 is 1.12 bits per heavy atom. The number of aryl methyl sites for hydroxylation is 1. The van der Waals surface area contributed by atoms with E-state index in [0.717, 1.165) is 54.1 Å². The largest absolute Gasteiger partial charge is 0.324 e. The van der Waals surface area contributed by atoms with Crippen LogP contribution in [0.4, 0.5) is 17.5 Å². The summed E-state index contributed by atoms with van der Waals surface area (Å²) < 4.78 is 0. The maximum atomic E-state index is 13.3. The summed E-state index contributed by atoms with van der Waals surface area (Å²) in [5, 5.41) is 3.41. The second-order valence-electron chi connectivity index (χ2n) is 9.50. The molecule has 2 aliphatic carbocycles. The lowest BCUT2D eigenvalue weighted by Crippen LogP contribution is -2.39. The third-order valence-electron chi connectivity index (χ3n) is 7.27. The van der Waals surface area contributed by atoms with Crippen LogP contribution in [-0.2, 0) is 16.0 Å². The molecule has 6 heteroatoms. The summed E-state index contributed by atoms with van der Waals surface area (Å²) in [7, 11) is 0. The zero-order valence-electron chi connectivity index (χ0n) is 18.9. The number of hydrogen-bond acceptors (Lipinski definition) is 5. The lowest BCUT2D eigenvalue weighted by molar-refractivity contribution is -0.120. The number of hydrogen-bond donors (Lipinski definition) is 1. The highest BCUT2D eigenvalue weighted by atomic mass is 32.2. The number of nitrogens with one attached hydrogen (secondary N) is 1. The minimum atomic E-state index is -0.329. The molecule has 2 saturated carbocycles.